The van der Waals surface area contributed by atoms with Gasteiger partial charge in [-0.05, 0) is 51.1 Å². The number of nitrogens with zero attached hydrogens (tertiary/aromatic N) is 3. The van der Waals surface area contributed by atoms with E-state index in [1.165, 1.54) is 0 Å². The van der Waals surface area contributed by atoms with E-state index in [-0.39, 0.29) is 24.3 Å². The van der Waals surface area contributed by atoms with Crippen molar-refractivity contribution in [3.05, 3.63) is 78.5 Å². The van der Waals surface area contributed by atoms with Crippen molar-refractivity contribution < 1.29 is 9.59 Å². The average molecular weight is 485 g/mol. The molecule has 3 N–H and O–H groups in total. The molecule has 0 bridgehead atoms. The lowest BCUT2D eigenvalue weighted by atomic mass is 10.1. The van der Waals surface area contributed by atoms with E-state index in [4.69, 9.17) is 0 Å². The highest BCUT2D eigenvalue weighted by Gasteiger charge is 2.21. The Morgan fingerprint density at radius 1 is 1.17 bits per heavy atom. The van der Waals surface area contributed by atoms with Crippen molar-refractivity contribution in [3.8, 4) is 11.3 Å². The highest BCUT2D eigenvalue weighted by atomic mass is 16.2. The van der Waals surface area contributed by atoms with Gasteiger partial charge in [0.25, 0.3) is 5.91 Å². The number of carbonyl (C=O) groups excluding carboxylic acids is 2. The Balaban J connectivity index is 1.41. The van der Waals surface area contributed by atoms with E-state index in [1.807, 2.05) is 42.5 Å². The number of nitrogens with one attached hydrogen (secondary N) is 3. The van der Waals surface area contributed by atoms with Crippen LogP contribution in [0.3, 0.4) is 0 Å². The summed E-state index contributed by atoms with van der Waals surface area (Å²) in [6.07, 6.45) is 3.81. The van der Waals surface area contributed by atoms with Crippen LogP contribution in [0.2, 0.25) is 0 Å². The molecule has 1 aliphatic heterocycles. The molecular weight excluding hydrogens is 452 g/mol. The van der Waals surface area contributed by atoms with E-state index in [9.17, 15) is 9.59 Å². The first kappa shape index (κ1) is 25.1. The van der Waals surface area contributed by atoms with Crippen LogP contribution in [-0.2, 0) is 11.2 Å². The molecule has 2 heterocycles. The predicted molar refractivity (Wildman–Crippen MR) is 143 cm³/mol. The van der Waals surface area contributed by atoms with Crippen LogP contribution in [0.5, 0.6) is 0 Å². The number of benzene rings is 2. The number of hydrogen-bond donors (Lipinski definition) is 3. The highest BCUT2D eigenvalue weighted by Crippen LogP contribution is 2.32. The largest absolute Gasteiger partial charge is 0.351 e. The minimum Gasteiger partial charge on any atom is -0.351 e. The van der Waals surface area contributed by atoms with Gasteiger partial charge in [-0.3, -0.25) is 14.5 Å². The fourth-order valence-corrected chi connectivity index (χ4v) is 4.30. The van der Waals surface area contributed by atoms with Crippen molar-refractivity contribution in [3.63, 3.8) is 0 Å². The lowest BCUT2D eigenvalue weighted by molar-refractivity contribution is -0.115. The zero-order valence-corrected chi connectivity index (χ0v) is 20.9. The van der Waals surface area contributed by atoms with Crippen LogP contribution in [0.15, 0.2) is 67.4 Å². The molecule has 0 radical (unpaired) electrons. The number of carbonyl (C=O) groups is 2. The fraction of sp³-hybridized carbons (Fsp3) is 0.286. The Morgan fingerprint density at radius 3 is 2.64 bits per heavy atom. The second kappa shape index (κ2) is 11.1. The lowest BCUT2D eigenvalue weighted by Crippen LogP contribution is -2.42. The monoisotopic (exact) mass is 484 g/mol. The minimum absolute atomic E-state index is 0.0912. The van der Waals surface area contributed by atoms with Crippen LogP contribution in [-0.4, -0.2) is 51.9 Å². The number of amides is 2. The standard InChI is InChI=1S/C28H32N6O2/c1-5-19(4)34(18(2)3)15-14-29-27(36)20-10-12-22(13-11-20)31-28-30-17-21-16-25(35)32-24-9-7-6-8-23(24)26(21)33-28/h5-13,17-19H,1,14-16H2,2-4H3,(H,29,36)(H,32,35)(H,30,31,33). The molecule has 0 saturated heterocycles. The number of para-hydroxylation sites is 1. The number of aromatic nitrogens is 2. The molecule has 1 unspecified atom stereocenters. The maximum Gasteiger partial charge on any atom is 0.251 e. The normalized spacial score (nSPS) is 13.3. The highest BCUT2D eigenvalue weighted by molar-refractivity contribution is 6.00. The van der Waals surface area contributed by atoms with E-state index < -0.39 is 0 Å². The molecule has 4 rings (SSSR count). The van der Waals surface area contributed by atoms with Crippen molar-refractivity contribution in [2.75, 3.05) is 23.7 Å². The molecule has 1 atom stereocenters. The summed E-state index contributed by atoms with van der Waals surface area (Å²) in [5, 5.41) is 9.11. The minimum atomic E-state index is -0.119. The van der Waals surface area contributed by atoms with Crippen molar-refractivity contribution in [1.82, 2.24) is 20.2 Å². The van der Waals surface area contributed by atoms with Gasteiger partial charge in [-0.2, -0.15) is 0 Å². The molecule has 8 nitrogen and oxygen atoms in total. The van der Waals surface area contributed by atoms with E-state index in [1.54, 1.807) is 18.3 Å². The molecule has 0 fully saturated rings. The molecule has 1 aliphatic rings. The first-order chi connectivity index (χ1) is 17.4. The number of rotatable bonds is 9. The van der Waals surface area contributed by atoms with E-state index in [2.05, 4.69) is 58.2 Å². The Labute approximate surface area is 211 Å². The Bertz CT molecular complexity index is 1260. The summed E-state index contributed by atoms with van der Waals surface area (Å²) < 4.78 is 0. The lowest BCUT2D eigenvalue weighted by Gasteiger charge is -2.30. The van der Waals surface area contributed by atoms with Crippen molar-refractivity contribution in [1.29, 1.82) is 0 Å². The van der Waals surface area contributed by atoms with Gasteiger partial charge in [0, 0.05) is 53.7 Å². The quantitative estimate of drug-likeness (QED) is 0.390. The van der Waals surface area contributed by atoms with Gasteiger partial charge in [0.15, 0.2) is 0 Å². The van der Waals surface area contributed by atoms with Crippen LogP contribution in [0.4, 0.5) is 17.3 Å². The van der Waals surface area contributed by atoms with Crippen molar-refractivity contribution >= 4 is 29.1 Å². The van der Waals surface area contributed by atoms with Gasteiger partial charge in [-0.1, -0.05) is 24.3 Å². The molecule has 0 spiro atoms. The zero-order valence-electron chi connectivity index (χ0n) is 20.9. The van der Waals surface area contributed by atoms with Gasteiger partial charge in [0.1, 0.15) is 0 Å². The number of anilines is 3. The van der Waals surface area contributed by atoms with Crippen LogP contribution in [0, 0.1) is 0 Å². The summed E-state index contributed by atoms with van der Waals surface area (Å²) in [6, 6.07) is 15.4. The molecule has 3 aromatic rings. The number of fused-ring (bicyclic) bond motifs is 3. The van der Waals surface area contributed by atoms with E-state index in [0.29, 0.717) is 24.1 Å². The third kappa shape index (κ3) is 5.78. The van der Waals surface area contributed by atoms with Crippen LogP contribution >= 0.6 is 0 Å². The smallest absolute Gasteiger partial charge is 0.251 e. The van der Waals surface area contributed by atoms with Crippen LogP contribution < -0.4 is 16.0 Å². The van der Waals surface area contributed by atoms with Gasteiger partial charge in [0.2, 0.25) is 11.9 Å². The van der Waals surface area contributed by atoms with Gasteiger partial charge >= 0.3 is 0 Å². The average Bonchev–Trinajstić information content (AvgIpc) is 3.01. The third-order valence-electron chi connectivity index (χ3n) is 6.26. The third-order valence-corrected chi connectivity index (χ3v) is 6.26. The molecule has 2 amide bonds. The summed E-state index contributed by atoms with van der Waals surface area (Å²) in [4.78, 5) is 36.2. The maximum atomic E-state index is 12.6. The van der Waals surface area contributed by atoms with Gasteiger partial charge in [-0.15, -0.1) is 6.58 Å². The summed E-state index contributed by atoms with van der Waals surface area (Å²) in [5.74, 6) is 0.207. The molecule has 2 aromatic carbocycles. The van der Waals surface area contributed by atoms with Crippen molar-refractivity contribution in [2.45, 2.75) is 39.3 Å². The van der Waals surface area contributed by atoms with Gasteiger partial charge < -0.3 is 16.0 Å². The number of hydrogen-bond acceptors (Lipinski definition) is 6. The first-order valence-electron chi connectivity index (χ1n) is 12.1. The molecule has 186 valence electrons. The second-order valence-electron chi connectivity index (χ2n) is 9.10. The maximum absolute atomic E-state index is 12.6. The molecule has 0 saturated carbocycles. The SMILES string of the molecule is C=CC(C)N(CCNC(=O)c1ccc(Nc2ncc3c(n2)-c2ccccc2NC(=O)C3)cc1)C(C)C. The summed E-state index contributed by atoms with van der Waals surface area (Å²) in [5.41, 5.74) is 4.42. The molecule has 0 aliphatic carbocycles. The Kier molecular flexibility index (Phi) is 7.75. The second-order valence-corrected chi connectivity index (χ2v) is 9.10. The predicted octanol–water partition coefficient (Wildman–Crippen LogP) is 4.40. The van der Waals surface area contributed by atoms with Crippen LogP contribution in [0.25, 0.3) is 11.3 Å². The molecule has 8 heteroatoms. The van der Waals surface area contributed by atoms with Gasteiger partial charge in [-0.25, -0.2) is 9.97 Å². The summed E-state index contributed by atoms with van der Waals surface area (Å²) in [6.45, 7) is 11.5. The van der Waals surface area contributed by atoms with Gasteiger partial charge in [0.05, 0.1) is 17.8 Å². The summed E-state index contributed by atoms with van der Waals surface area (Å²) in [7, 11) is 0. The molecule has 1 aromatic heterocycles. The van der Waals surface area contributed by atoms with E-state index >= 15 is 0 Å². The summed E-state index contributed by atoms with van der Waals surface area (Å²) >= 11 is 0. The first-order valence-corrected chi connectivity index (χ1v) is 12.1. The van der Waals surface area contributed by atoms with E-state index in [0.717, 1.165) is 34.7 Å². The van der Waals surface area contributed by atoms with Crippen molar-refractivity contribution in [2.24, 2.45) is 0 Å². The molecule has 36 heavy (non-hydrogen) atoms. The topological polar surface area (TPSA) is 99.2 Å². The Hall–Kier alpha value is -4.04. The zero-order chi connectivity index (χ0) is 25.7. The molecular formula is C28H32N6O2. The Morgan fingerprint density at radius 2 is 1.92 bits per heavy atom. The fourth-order valence-electron chi connectivity index (χ4n) is 4.30. The van der Waals surface area contributed by atoms with Crippen LogP contribution in [0.1, 0.15) is 36.7 Å².